The summed E-state index contributed by atoms with van der Waals surface area (Å²) in [5.74, 6) is 0.584. The molecule has 0 radical (unpaired) electrons. The number of nitrogens with one attached hydrogen (secondary N) is 2. The summed E-state index contributed by atoms with van der Waals surface area (Å²) in [7, 11) is 0. The van der Waals surface area contributed by atoms with E-state index in [1.165, 1.54) is 5.56 Å². The molecule has 1 amide bonds. The number of benzene rings is 2. The van der Waals surface area contributed by atoms with E-state index in [0.29, 0.717) is 23.8 Å². The molecule has 0 saturated carbocycles. The van der Waals surface area contributed by atoms with Gasteiger partial charge in [0, 0.05) is 18.5 Å². The number of oxazole rings is 1. The van der Waals surface area contributed by atoms with E-state index in [2.05, 4.69) is 34.7 Å². The van der Waals surface area contributed by atoms with Crippen LogP contribution in [-0.2, 0) is 17.6 Å². The number of amides is 1. The summed E-state index contributed by atoms with van der Waals surface area (Å²) < 4.78 is 5.83. The minimum atomic E-state index is -0.110. The number of hydrogen-bond acceptors (Lipinski definition) is 4. The molecule has 5 nitrogen and oxygen atoms in total. The number of aromatic nitrogens is 1. The Morgan fingerprint density at radius 2 is 1.85 bits per heavy atom. The van der Waals surface area contributed by atoms with Crippen LogP contribution in [0.15, 0.2) is 46.9 Å². The Hall–Kier alpha value is -2.73. The molecule has 2 aromatic carbocycles. The second-order valence-electron chi connectivity index (χ2n) is 5.99. The highest BCUT2D eigenvalue weighted by atomic mass is 32.1. The largest absolute Gasteiger partial charge is 0.440 e. The van der Waals surface area contributed by atoms with Crippen LogP contribution < -0.4 is 10.6 Å². The van der Waals surface area contributed by atoms with Crippen molar-refractivity contribution in [1.82, 2.24) is 10.3 Å². The minimum absolute atomic E-state index is 0.110. The van der Waals surface area contributed by atoms with Gasteiger partial charge in [0.05, 0.1) is 0 Å². The van der Waals surface area contributed by atoms with Crippen molar-refractivity contribution >= 4 is 40.0 Å². The van der Waals surface area contributed by atoms with Gasteiger partial charge in [-0.2, -0.15) is 0 Å². The van der Waals surface area contributed by atoms with Crippen molar-refractivity contribution in [3.05, 3.63) is 59.5 Å². The number of hydrogen-bond donors (Lipinski definition) is 2. The summed E-state index contributed by atoms with van der Waals surface area (Å²) in [6, 6.07) is 13.9. The number of thiocarbonyl (C=S) groups is 1. The Labute approximate surface area is 157 Å². The van der Waals surface area contributed by atoms with Crippen LogP contribution in [0, 0.1) is 0 Å². The molecular formula is C20H21N3O2S. The maximum absolute atomic E-state index is 11.3. The smallest absolute Gasteiger partial charge is 0.225 e. The number of nitrogens with zero attached hydrogens (tertiary/aromatic N) is 1. The maximum Gasteiger partial charge on any atom is 0.225 e. The number of aryl methyl sites for hydroxylation is 1. The van der Waals surface area contributed by atoms with Gasteiger partial charge >= 0.3 is 0 Å². The molecule has 3 aromatic rings. The predicted molar refractivity (Wildman–Crippen MR) is 107 cm³/mol. The molecule has 0 bridgehead atoms. The second-order valence-corrected chi connectivity index (χ2v) is 6.40. The first-order valence-electron chi connectivity index (χ1n) is 8.65. The van der Waals surface area contributed by atoms with Gasteiger partial charge in [-0.1, -0.05) is 32.0 Å². The molecule has 0 aliphatic carbocycles. The van der Waals surface area contributed by atoms with Gasteiger partial charge in [-0.05, 0) is 54.0 Å². The van der Waals surface area contributed by atoms with Gasteiger partial charge in [0.1, 0.15) is 5.52 Å². The lowest BCUT2D eigenvalue weighted by atomic mass is 10.1. The van der Waals surface area contributed by atoms with Crippen molar-refractivity contribution in [2.45, 2.75) is 33.1 Å². The first kappa shape index (κ1) is 18.1. The summed E-state index contributed by atoms with van der Waals surface area (Å²) >= 11 is 5.11. The third-order valence-corrected chi connectivity index (χ3v) is 4.25. The van der Waals surface area contributed by atoms with Crippen LogP contribution >= 0.6 is 12.2 Å². The lowest BCUT2D eigenvalue weighted by Crippen LogP contribution is -2.33. The van der Waals surface area contributed by atoms with E-state index in [1.54, 1.807) is 6.92 Å². The average molecular weight is 367 g/mol. The molecule has 0 spiro atoms. The Morgan fingerprint density at radius 3 is 2.54 bits per heavy atom. The van der Waals surface area contributed by atoms with Crippen molar-refractivity contribution in [3.8, 4) is 0 Å². The van der Waals surface area contributed by atoms with E-state index in [0.717, 1.165) is 28.8 Å². The predicted octanol–water partition coefficient (Wildman–Crippen LogP) is 4.20. The molecule has 0 unspecified atom stereocenters. The summed E-state index contributed by atoms with van der Waals surface area (Å²) in [6.07, 6.45) is 1.99. The van der Waals surface area contributed by atoms with Crippen LogP contribution in [0.1, 0.15) is 37.3 Å². The molecule has 0 aliphatic heterocycles. The third kappa shape index (κ3) is 4.46. The van der Waals surface area contributed by atoms with Gasteiger partial charge < -0.3 is 15.1 Å². The maximum atomic E-state index is 11.3. The molecule has 0 aliphatic rings. The van der Waals surface area contributed by atoms with Crippen molar-refractivity contribution in [2.24, 2.45) is 0 Å². The van der Waals surface area contributed by atoms with Crippen molar-refractivity contribution < 1.29 is 9.21 Å². The number of carbonyl (C=O) groups is 1. The van der Waals surface area contributed by atoms with Crippen LogP contribution in [0.25, 0.3) is 11.1 Å². The van der Waals surface area contributed by atoms with E-state index in [9.17, 15) is 4.79 Å². The summed E-state index contributed by atoms with van der Waals surface area (Å²) in [5, 5.41) is 5.91. The highest BCUT2D eigenvalue weighted by Gasteiger charge is 2.08. The third-order valence-electron chi connectivity index (χ3n) is 4.05. The van der Waals surface area contributed by atoms with Gasteiger partial charge in [0.2, 0.25) is 5.91 Å². The van der Waals surface area contributed by atoms with Crippen LogP contribution in [0.2, 0.25) is 0 Å². The fourth-order valence-corrected chi connectivity index (χ4v) is 2.81. The Kier molecular flexibility index (Phi) is 5.63. The standard InChI is InChI=1S/C20H21N3O2S/c1-3-13-7-10-17-16(11-13)22-19(25-17)12-14-5-8-15(9-6-14)21-20(26)23-18(24)4-2/h5-11H,3-4,12H2,1-2H3,(H2,21,23,24,26). The topological polar surface area (TPSA) is 67.2 Å². The highest BCUT2D eigenvalue weighted by molar-refractivity contribution is 7.80. The Bertz CT molecular complexity index is 932. The number of rotatable bonds is 5. The summed E-state index contributed by atoms with van der Waals surface area (Å²) in [4.78, 5) is 15.9. The lowest BCUT2D eigenvalue weighted by molar-refractivity contribution is -0.119. The summed E-state index contributed by atoms with van der Waals surface area (Å²) in [5.41, 5.74) is 4.86. The van der Waals surface area contributed by atoms with Gasteiger partial charge in [0.25, 0.3) is 0 Å². The highest BCUT2D eigenvalue weighted by Crippen LogP contribution is 2.20. The summed E-state index contributed by atoms with van der Waals surface area (Å²) in [6.45, 7) is 3.90. The first-order valence-corrected chi connectivity index (χ1v) is 9.06. The number of fused-ring (bicyclic) bond motifs is 1. The molecule has 3 rings (SSSR count). The Balaban J connectivity index is 1.65. The molecule has 2 N–H and O–H groups in total. The first-order chi connectivity index (χ1) is 12.6. The minimum Gasteiger partial charge on any atom is -0.440 e. The fourth-order valence-electron chi connectivity index (χ4n) is 2.57. The SMILES string of the molecule is CCC(=O)NC(=S)Nc1ccc(Cc2nc3cc(CC)ccc3o2)cc1. The molecule has 1 heterocycles. The zero-order valence-corrected chi connectivity index (χ0v) is 15.7. The van der Waals surface area contributed by atoms with E-state index >= 15 is 0 Å². The van der Waals surface area contributed by atoms with Gasteiger partial charge in [-0.3, -0.25) is 4.79 Å². The van der Waals surface area contributed by atoms with E-state index in [1.807, 2.05) is 30.3 Å². The molecule has 1 aromatic heterocycles. The molecule has 134 valence electrons. The molecule has 0 saturated heterocycles. The van der Waals surface area contributed by atoms with E-state index < -0.39 is 0 Å². The molecular weight excluding hydrogens is 346 g/mol. The molecule has 0 atom stereocenters. The monoisotopic (exact) mass is 367 g/mol. The van der Waals surface area contributed by atoms with Crippen LogP contribution in [0.5, 0.6) is 0 Å². The van der Waals surface area contributed by atoms with Crippen LogP contribution in [0.3, 0.4) is 0 Å². The molecule has 6 heteroatoms. The Morgan fingerprint density at radius 1 is 1.12 bits per heavy atom. The number of anilines is 1. The quantitative estimate of drug-likeness (QED) is 0.662. The van der Waals surface area contributed by atoms with Crippen molar-refractivity contribution in [2.75, 3.05) is 5.32 Å². The molecule has 26 heavy (non-hydrogen) atoms. The molecule has 0 fully saturated rings. The van der Waals surface area contributed by atoms with Crippen molar-refractivity contribution in [1.29, 1.82) is 0 Å². The normalized spacial score (nSPS) is 10.7. The average Bonchev–Trinajstić information content (AvgIpc) is 3.04. The van der Waals surface area contributed by atoms with Crippen molar-refractivity contribution in [3.63, 3.8) is 0 Å². The fraction of sp³-hybridized carbons (Fsp3) is 0.250. The van der Waals surface area contributed by atoms with Gasteiger partial charge in [0.15, 0.2) is 16.6 Å². The second kappa shape index (κ2) is 8.10. The van der Waals surface area contributed by atoms with E-state index in [4.69, 9.17) is 16.6 Å². The van der Waals surface area contributed by atoms with E-state index in [-0.39, 0.29) is 5.91 Å². The van der Waals surface area contributed by atoms with Gasteiger partial charge in [-0.25, -0.2) is 4.98 Å². The van der Waals surface area contributed by atoms with Gasteiger partial charge in [-0.15, -0.1) is 0 Å². The zero-order valence-electron chi connectivity index (χ0n) is 14.8. The van der Waals surface area contributed by atoms with Crippen LogP contribution in [0.4, 0.5) is 5.69 Å². The lowest BCUT2D eigenvalue weighted by Gasteiger charge is -2.09. The van der Waals surface area contributed by atoms with Crippen LogP contribution in [-0.4, -0.2) is 16.0 Å². The number of carbonyl (C=O) groups excluding carboxylic acids is 1. The zero-order chi connectivity index (χ0) is 18.5.